The maximum absolute atomic E-state index is 11.4. The molecule has 0 saturated carbocycles. The van der Waals surface area contributed by atoms with Crippen LogP contribution in [0.4, 0.5) is 0 Å². The van der Waals surface area contributed by atoms with Gasteiger partial charge in [0.2, 0.25) is 0 Å². The lowest BCUT2D eigenvalue weighted by atomic mass is 10.1. The van der Waals surface area contributed by atoms with E-state index in [0.29, 0.717) is 5.56 Å². The molecule has 0 radical (unpaired) electrons. The maximum atomic E-state index is 11.4. The number of sulfone groups is 1. The molecule has 1 rings (SSSR count). The number of carbonyl (C=O) groups excluding carboxylic acids is 1. The van der Waals surface area contributed by atoms with E-state index >= 15 is 0 Å². The van der Waals surface area contributed by atoms with Gasteiger partial charge in [0.15, 0.2) is 9.84 Å². The minimum atomic E-state index is -3.37. The van der Waals surface area contributed by atoms with E-state index < -0.39 is 15.8 Å². The summed E-state index contributed by atoms with van der Waals surface area (Å²) in [6.45, 7) is 0. The van der Waals surface area contributed by atoms with Crippen LogP contribution in [-0.2, 0) is 20.5 Å². The summed E-state index contributed by atoms with van der Waals surface area (Å²) in [7, 11) is -2.13. The quantitative estimate of drug-likeness (QED) is 0.613. The molecular weight excluding hydrogens is 252 g/mol. The number of rotatable bonds is 3. The molecule has 0 aliphatic carbocycles. The Morgan fingerprint density at radius 2 is 2.00 bits per heavy atom. The van der Waals surface area contributed by atoms with Gasteiger partial charge in [-0.1, -0.05) is 0 Å². The highest BCUT2D eigenvalue weighted by molar-refractivity contribution is 7.90. The number of hydrogen-bond acceptors (Lipinski definition) is 4. The molecule has 0 aliphatic rings. The highest BCUT2D eigenvalue weighted by Gasteiger charge is 2.14. The van der Waals surface area contributed by atoms with Crippen molar-refractivity contribution in [3.8, 4) is 0 Å². The second kappa shape index (κ2) is 4.84. The number of esters is 1. The molecule has 88 valence electrons. The molecule has 16 heavy (non-hydrogen) atoms. The average molecular weight is 263 g/mol. The Hall–Kier alpha value is -1.07. The SMILES string of the molecule is COC(=O)c1cc(CCl)cc(S(C)(=O)=O)c1. The molecule has 0 spiro atoms. The zero-order valence-corrected chi connectivity index (χ0v) is 10.4. The molecule has 0 fully saturated rings. The molecular formula is C10H11ClO4S. The molecule has 0 aromatic heterocycles. The van der Waals surface area contributed by atoms with Crippen molar-refractivity contribution in [1.29, 1.82) is 0 Å². The molecule has 0 N–H and O–H groups in total. The second-order valence-electron chi connectivity index (χ2n) is 3.26. The van der Waals surface area contributed by atoms with Crippen LogP contribution in [0.1, 0.15) is 15.9 Å². The van der Waals surface area contributed by atoms with Crippen molar-refractivity contribution in [2.24, 2.45) is 0 Å². The maximum Gasteiger partial charge on any atom is 0.337 e. The normalized spacial score (nSPS) is 11.2. The van der Waals surface area contributed by atoms with E-state index in [1.54, 1.807) is 0 Å². The van der Waals surface area contributed by atoms with Gasteiger partial charge in [0.1, 0.15) is 0 Å². The molecule has 0 unspecified atom stereocenters. The first kappa shape index (κ1) is 13.0. The van der Waals surface area contributed by atoms with E-state index in [4.69, 9.17) is 11.6 Å². The molecule has 0 aliphatic heterocycles. The zero-order chi connectivity index (χ0) is 12.3. The number of methoxy groups -OCH3 is 1. The first-order chi connectivity index (χ1) is 7.38. The van der Waals surface area contributed by atoms with Crippen LogP contribution in [0.5, 0.6) is 0 Å². The monoisotopic (exact) mass is 262 g/mol. The Balaban J connectivity index is 3.38. The summed E-state index contributed by atoms with van der Waals surface area (Å²) in [5.74, 6) is -0.454. The van der Waals surface area contributed by atoms with Crippen LogP contribution in [-0.4, -0.2) is 27.8 Å². The predicted molar refractivity (Wildman–Crippen MR) is 60.4 cm³/mol. The van der Waals surface area contributed by atoms with E-state index in [9.17, 15) is 13.2 Å². The molecule has 0 heterocycles. The first-order valence-corrected chi connectivity index (χ1v) is 6.79. The van der Waals surface area contributed by atoms with Crippen LogP contribution in [0, 0.1) is 0 Å². The van der Waals surface area contributed by atoms with E-state index in [0.717, 1.165) is 6.26 Å². The molecule has 0 atom stereocenters. The zero-order valence-electron chi connectivity index (χ0n) is 8.86. The number of hydrogen-bond donors (Lipinski definition) is 0. The van der Waals surface area contributed by atoms with Crippen LogP contribution < -0.4 is 0 Å². The van der Waals surface area contributed by atoms with Gasteiger partial charge in [-0.3, -0.25) is 0 Å². The summed E-state index contributed by atoms with van der Waals surface area (Å²) in [6.07, 6.45) is 1.07. The Morgan fingerprint density at radius 3 is 2.44 bits per heavy atom. The third-order valence-corrected chi connectivity index (χ3v) is 3.37. The summed E-state index contributed by atoms with van der Waals surface area (Å²) in [5, 5.41) is 0. The number of alkyl halides is 1. The van der Waals surface area contributed by atoms with Crippen molar-refractivity contribution < 1.29 is 17.9 Å². The van der Waals surface area contributed by atoms with Gasteiger partial charge in [0.25, 0.3) is 0 Å². The lowest BCUT2D eigenvalue weighted by Gasteiger charge is -2.05. The minimum Gasteiger partial charge on any atom is -0.465 e. The molecule has 1 aromatic rings. The summed E-state index contributed by atoms with van der Waals surface area (Å²) >= 11 is 5.62. The Kier molecular flexibility index (Phi) is 3.93. The lowest BCUT2D eigenvalue weighted by Crippen LogP contribution is -2.05. The van der Waals surface area contributed by atoms with Gasteiger partial charge in [-0.2, -0.15) is 0 Å². The topological polar surface area (TPSA) is 60.4 Å². The van der Waals surface area contributed by atoms with Crippen molar-refractivity contribution >= 4 is 27.4 Å². The molecule has 6 heteroatoms. The van der Waals surface area contributed by atoms with Crippen LogP contribution in [0.15, 0.2) is 23.1 Å². The van der Waals surface area contributed by atoms with Gasteiger partial charge >= 0.3 is 5.97 Å². The van der Waals surface area contributed by atoms with Gasteiger partial charge in [0.05, 0.1) is 17.6 Å². The Bertz CT molecular complexity index is 508. The first-order valence-electron chi connectivity index (χ1n) is 4.37. The standard InChI is InChI=1S/C10H11ClO4S/c1-15-10(12)8-3-7(6-11)4-9(5-8)16(2,13)14/h3-5H,6H2,1-2H3. The van der Waals surface area contributed by atoms with Crippen molar-refractivity contribution in [2.45, 2.75) is 10.8 Å². The van der Waals surface area contributed by atoms with E-state index in [-0.39, 0.29) is 16.3 Å². The van der Waals surface area contributed by atoms with Crippen molar-refractivity contribution in [1.82, 2.24) is 0 Å². The number of halogens is 1. The fraction of sp³-hybridized carbons (Fsp3) is 0.300. The van der Waals surface area contributed by atoms with E-state index in [2.05, 4.69) is 4.74 Å². The molecule has 4 nitrogen and oxygen atoms in total. The average Bonchev–Trinajstić information content (AvgIpc) is 2.26. The summed E-state index contributed by atoms with van der Waals surface area (Å²) < 4.78 is 27.3. The lowest BCUT2D eigenvalue weighted by molar-refractivity contribution is 0.0600. The number of benzene rings is 1. The van der Waals surface area contributed by atoms with Gasteiger partial charge in [0, 0.05) is 12.1 Å². The number of carbonyl (C=O) groups is 1. The Morgan fingerprint density at radius 1 is 1.38 bits per heavy atom. The third-order valence-electron chi connectivity index (χ3n) is 1.97. The molecule has 1 aromatic carbocycles. The van der Waals surface area contributed by atoms with Gasteiger partial charge in [-0.05, 0) is 23.8 Å². The largest absolute Gasteiger partial charge is 0.465 e. The summed E-state index contributed by atoms with van der Waals surface area (Å²) in [4.78, 5) is 11.4. The highest BCUT2D eigenvalue weighted by Crippen LogP contribution is 2.17. The predicted octanol–water partition coefficient (Wildman–Crippen LogP) is 1.62. The summed E-state index contributed by atoms with van der Waals surface area (Å²) in [5.41, 5.74) is 0.742. The van der Waals surface area contributed by atoms with Crippen LogP contribution in [0.3, 0.4) is 0 Å². The molecule has 0 saturated heterocycles. The van der Waals surface area contributed by atoms with Gasteiger partial charge < -0.3 is 4.74 Å². The van der Waals surface area contributed by atoms with Crippen LogP contribution in [0.2, 0.25) is 0 Å². The minimum absolute atomic E-state index is 0.0612. The van der Waals surface area contributed by atoms with Crippen molar-refractivity contribution in [3.05, 3.63) is 29.3 Å². The van der Waals surface area contributed by atoms with Crippen molar-refractivity contribution in [3.63, 3.8) is 0 Å². The fourth-order valence-corrected chi connectivity index (χ4v) is 2.05. The molecule has 0 amide bonds. The van der Waals surface area contributed by atoms with Gasteiger partial charge in [-0.15, -0.1) is 11.6 Å². The van der Waals surface area contributed by atoms with Crippen LogP contribution >= 0.6 is 11.6 Å². The van der Waals surface area contributed by atoms with E-state index in [1.807, 2.05) is 0 Å². The Labute approximate surface area is 99.1 Å². The van der Waals surface area contributed by atoms with E-state index in [1.165, 1.54) is 25.3 Å². The smallest absolute Gasteiger partial charge is 0.337 e. The van der Waals surface area contributed by atoms with Crippen molar-refractivity contribution in [2.75, 3.05) is 13.4 Å². The van der Waals surface area contributed by atoms with Crippen LogP contribution in [0.25, 0.3) is 0 Å². The highest BCUT2D eigenvalue weighted by atomic mass is 35.5. The molecule has 0 bridgehead atoms. The number of ether oxygens (including phenoxy) is 1. The summed E-state index contributed by atoms with van der Waals surface area (Å²) in [6, 6.07) is 4.22. The fourth-order valence-electron chi connectivity index (χ4n) is 1.19. The second-order valence-corrected chi connectivity index (χ2v) is 5.55. The van der Waals surface area contributed by atoms with Gasteiger partial charge in [-0.25, -0.2) is 13.2 Å². The third kappa shape index (κ3) is 2.96.